The SMILES string of the molecule is Cc1onc(-c2ccccc2Cl)c1C(=O)Nc1ccc(CC(N)=O)cc1. The maximum absolute atomic E-state index is 12.7. The van der Waals surface area contributed by atoms with Gasteiger partial charge in [-0.15, -0.1) is 0 Å². The van der Waals surface area contributed by atoms with E-state index in [2.05, 4.69) is 10.5 Å². The van der Waals surface area contributed by atoms with Crippen LogP contribution in [0, 0.1) is 6.92 Å². The van der Waals surface area contributed by atoms with Gasteiger partial charge in [-0.1, -0.05) is 47.1 Å². The first-order chi connectivity index (χ1) is 12.5. The summed E-state index contributed by atoms with van der Waals surface area (Å²) in [6.45, 7) is 1.66. The molecule has 7 heteroatoms. The van der Waals surface area contributed by atoms with Crippen molar-refractivity contribution >= 4 is 29.1 Å². The number of carbonyl (C=O) groups excluding carboxylic acids is 2. The topological polar surface area (TPSA) is 98.2 Å². The lowest BCUT2D eigenvalue weighted by Gasteiger charge is -2.07. The summed E-state index contributed by atoms with van der Waals surface area (Å²) in [6.07, 6.45) is 0.148. The van der Waals surface area contributed by atoms with Crippen LogP contribution in [0.4, 0.5) is 5.69 Å². The van der Waals surface area contributed by atoms with E-state index >= 15 is 0 Å². The second kappa shape index (κ2) is 7.41. The van der Waals surface area contributed by atoms with Crippen LogP contribution in [0.15, 0.2) is 53.1 Å². The van der Waals surface area contributed by atoms with E-state index < -0.39 is 5.91 Å². The molecule has 0 saturated carbocycles. The minimum absolute atomic E-state index is 0.148. The Balaban J connectivity index is 1.86. The second-order valence-electron chi connectivity index (χ2n) is 5.74. The van der Waals surface area contributed by atoms with Crippen LogP contribution in [0.25, 0.3) is 11.3 Å². The van der Waals surface area contributed by atoms with Gasteiger partial charge in [0.1, 0.15) is 17.0 Å². The van der Waals surface area contributed by atoms with Gasteiger partial charge in [-0.25, -0.2) is 0 Å². The van der Waals surface area contributed by atoms with Crippen LogP contribution in [0.2, 0.25) is 5.02 Å². The van der Waals surface area contributed by atoms with Gasteiger partial charge in [0, 0.05) is 11.3 Å². The number of carbonyl (C=O) groups is 2. The third-order valence-corrected chi connectivity index (χ3v) is 4.14. The van der Waals surface area contributed by atoms with Gasteiger partial charge in [0.05, 0.1) is 11.4 Å². The van der Waals surface area contributed by atoms with Crippen molar-refractivity contribution in [3.63, 3.8) is 0 Å². The van der Waals surface area contributed by atoms with Crippen LogP contribution < -0.4 is 11.1 Å². The number of aryl methyl sites for hydroxylation is 1. The molecule has 0 unspecified atom stereocenters. The number of nitrogens with two attached hydrogens (primary N) is 1. The van der Waals surface area contributed by atoms with Crippen molar-refractivity contribution in [2.75, 3.05) is 5.32 Å². The summed E-state index contributed by atoms with van der Waals surface area (Å²) in [6, 6.07) is 14.0. The number of nitrogens with one attached hydrogen (secondary N) is 1. The average molecular weight is 370 g/mol. The zero-order valence-electron chi connectivity index (χ0n) is 14.0. The van der Waals surface area contributed by atoms with Crippen LogP contribution in [0.1, 0.15) is 21.7 Å². The summed E-state index contributed by atoms with van der Waals surface area (Å²) in [5.74, 6) is -0.379. The third kappa shape index (κ3) is 3.75. The van der Waals surface area contributed by atoms with Gasteiger partial charge in [0.2, 0.25) is 5.91 Å². The van der Waals surface area contributed by atoms with Crippen LogP contribution in [-0.4, -0.2) is 17.0 Å². The molecule has 0 spiro atoms. The molecule has 3 rings (SSSR count). The zero-order valence-corrected chi connectivity index (χ0v) is 14.7. The van der Waals surface area contributed by atoms with Crippen molar-refractivity contribution in [1.82, 2.24) is 5.16 Å². The molecule has 26 heavy (non-hydrogen) atoms. The number of anilines is 1. The summed E-state index contributed by atoms with van der Waals surface area (Å²) in [5.41, 5.74) is 7.84. The predicted molar refractivity (Wildman–Crippen MR) is 99.0 cm³/mol. The Kier molecular flexibility index (Phi) is 5.04. The first-order valence-corrected chi connectivity index (χ1v) is 8.23. The minimum Gasteiger partial charge on any atom is -0.369 e. The van der Waals surface area contributed by atoms with Crippen molar-refractivity contribution in [2.45, 2.75) is 13.3 Å². The van der Waals surface area contributed by atoms with E-state index in [1.165, 1.54) is 0 Å². The normalized spacial score (nSPS) is 10.5. The largest absolute Gasteiger partial charge is 0.369 e. The molecule has 3 aromatic rings. The van der Waals surface area contributed by atoms with E-state index in [0.29, 0.717) is 33.3 Å². The molecular formula is C19H16ClN3O3. The number of rotatable bonds is 5. The predicted octanol–water partition coefficient (Wildman–Crippen LogP) is 3.58. The standard InChI is InChI=1S/C19H16ClN3O3/c1-11-17(18(23-26-11)14-4-2-3-5-15(14)20)19(25)22-13-8-6-12(7-9-13)10-16(21)24/h2-9H,10H2,1H3,(H2,21,24)(H,22,25). The number of aromatic nitrogens is 1. The van der Waals surface area contributed by atoms with Crippen molar-refractivity contribution in [2.24, 2.45) is 5.73 Å². The zero-order chi connectivity index (χ0) is 18.7. The smallest absolute Gasteiger partial charge is 0.261 e. The summed E-state index contributed by atoms with van der Waals surface area (Å²) < 4.78 is 5.21. The third-order valence-electron chi connectivity index (χ3n) is 3.81. The highest BCUT2D eigenvalue weighted by Gasteiger charge is 2.23. The monoisotopic (exact) mass is 369 g/mol. The first kappa shape index (κ1) is 17.7. The lowest BCUT2D eigenvalue weighted by Crippen LogP contribution is -2.15. The Morgan fingerprint density at radius 3 is 2.50 bits per heavy atom. The molecule has 1 aromatic heterocycles. The maximum atomic E-state index is 12.7. The van der Waals surface area contributed by atoms with Crippen LogP contribution in [0.5, 0.6) is 0 Å². The number of nitrogens with zero attached hydrogens (tertiary/aromatic N) is 1. The second-order valence-corrected chi connectivity index (χ2v) is 6.14. The number of amides is 2. The molecule has 2 amide bonds. The Bertz CT molecular complexity index is 964. The van der Waals surface area contributed by atoms with E-state index in [4.69, 9.17) is 21.9 Å². The van der Waals surface area contributed by atoms with Crippen LogP contribution in [0.3, 0.4) is 0 Å². The van der Waals surface area contributed by atoms with Gasteiger partial charge in [0.15, 0.2) is 0 Å². The molecule has 0 bridgehead atoms. The van der Waals surface area contributed by atoms with Crippen molar-refractivity contribution in [1.29, 1.82) is 0 Å². The number of hydrogen-bond donors (Lipinski definition) is 2. The summed E-state index contributed by atoms with van der Waals surface area (Å²) in [7, 11) is 0. The van der Waals surface area contributed by atoms with Gasteiger partial charge in [-0.3, -0.25) is 9.59 Å². The lowest BCUT2D eigenvalue weighted by molar-refractivity contribution is -0.117. The molecule has 2 aromatic carbocycles. The Morgan fingerprint density at radius 2 is 1.85 bits per heavy atom. The van der Waals surface area contributed by atoms with Gasteiger partial charge in [0.25, 0.3) is 5.91 Å². The van der Waals surface area contributed by atoms with E-state index in [0.717, 1.165) is 5.56 Å². The lowest BCUT2D eigenvalue weighted by atomic mass is 10.1. The summed E-state index contributed by atoms with van der Waals surface area (Å²) in [5, 5.41) is 7.26. The molecule has 0 radical (unpaired) electrons. The Labute approximate surface area is 154 Å². The van der Waals surface area contributed by atoms with E-state index in [-0.39, 0.29) is 12.3 Å². The molecule has 6 nitrogen and oxygen atoms in total. The summed E-state index contributed by atoms with van der Waals surface area (Å²) >= 11 is 6.21. The molecule has 0 fully saturated rings. The van der Waals surface area contributed by atoms with Gasteiger partial charge < -0.3 is 15.6 Å². The molecular weight excluding hydrogens is 354 g/mol. The van der Waals surface area contributed by atoms with Crippen LogP contribution >= 0.6 is 11.6 Å². The van der Waals surface area contributed by atoms with Crippen molar-refractivity contribution < 1.29 is 14.1 Å². The van der Waals surface area contributed by atoms with Crippen molar-refractivity contribution in [3.05, 3.63) is 70.4 Å². The molecule has 132 valence electrons. The van der Waals surface area contributed by atoms with Gasteiger partial charge in [-0.05, 0) is 30.7 Å². The molecule has 3 N–H and O–H groups in total. The van der Waals surface area contributed by atoms with E-state index in [1.54, 1.807) is 49.4 Å². The highest BCUT2D eigenvalue weighted by atomic mass is 35.5. The van der Waals surface area contributed by atoms with Gasteiger partial charge >= 0.3 is 0 Å². The van der Waals surface area contributed by atoms with Gasteiger partial charge in [-0.2, -0.15) is 0 Å². The fourth-order valence-corrected chi connectivity index (χ4v) is 2.80. The highest BCUT2D eigenvalue weighted by Crippen LogP contribution is 2.31. The van der Waals surface area contributed by atoms with Crippen molar-refractivity contribution in [3.8, 4) is 11.3 Å². The molecule has 0 aliphatic heterocycles. The number of hydrogen-bond acceptors (Lipinski definition) is 4. The number of halogens is 1. The molecule has 0 saturated heterocycles. The highest BCUT2D eigenvalue weighted by molar-refractivity contribution is 6.33. The minimum atomic E-state index is -0.411. The maximum Gasteiger partial charge on any atom is 0.261 e. The fourth-order valence-electron chi connectivity index (χ4n) is 2.58. The average Bonchev–Trinajstić information content (AvgIpc) is 2.98. The van der Waals surface area contributed by atoms with E-state index in [1.807, 2.05) is 6.07 Å². The Hall–Kier alpha value is -3.12. The number of primary amides is 1. The molecule has 1 heterocycles. The molecule has 0 aliphatic carbocycles. The number of benzene rings is 2. The molecule has 0 atom stereocenters. The van der Waals surface area contributed by atoms with E-state index in [9.17, 15) is 9.59 Å². The Morgan fingerprint density at radius 1 is 1.15 bits per heavy atom. The fraction of sp³-hybridized carbons (Fsp3) is 0.105. The van der Waals surface area contributed by atoms with Crippen LogP contribution in [-0.2, 0) is 11.2 Å². The molecule has 0 aliphatic rings. The quantitative estimate of drug-likeness (QED) is 0.718. The first-order valence-electron chi connectivity index (χ1n) is 7.85. The summed E-state index contributed by atoms with van der Waals surface area (Å²) in [4.78, 5) is 23.7.